The predicted octanol–water partition coefficient (Wildman–Crippen LogP) is 4.18. The van der Waals surface area contributed by atoms with E-state index in [9.17, 15) is 0 Å². The van der Waals surface area contributed by atoms with Crippen LogP contribution >= 0.6 is 15.9 Å². The van der Waals surface area contributed by atoms with Gasteiger partial charge in [-0.15, -0.1) is 0 Å². The molecule has 0 N–H and O–H groups in total. The van der Waals surface area contributed by atoms with E-state index in [2.05, 4.69) is 65.3 Å². The Kier molecular flexibility index (Phi) is 2.60. The van der Waals surface area contributed by atoms with Gasteiger partial charge in [-0.3, -0.25) is 0 Å². The number of rotatable bonds is 1. The van der Waals surface area contributed by atoms with Crippen molar-refractivity contribution in [1.29, 1.82) is 0 Å². The van der Waals surface area contributed by atoms with Crippen LogP contribution in [0.25, 0.3) is 5.57 Å². The molecule has 0 heterocycles. The van der Waals surface area contributed by atoms with Gasteiger partial charge in [0.25, 0.3) is 0 Å². The van der Waals surface area contributed by atoms with Gasteiger partial charge in [-0.05, 0) is 24.5 Å². The quantitative estimate of drug-likeness (QED) is 0.655. The molecule has 1 aliphatic rings. The van der Waals surface area contributed by atoms with Gasteiger partial charge in [0.2, 0.25) is 0 Å². The van der Waals surface area contributed by atoms with E-state index in [1.165, 1.54) is 11.1 Å². The van der Waals surface area contributed by atoms with Gasteiger partial charge in [-0.2, -0.15) is 0 Å². The normalized spacial score (nSPS) is 26.0. The van der Waals surface area contributed by atoms with Gasteiger partial charge >= 0.3 is 0 Å². The smallest absolute Gasteiger partial charge is 0.0518 e. The lowest BCUT2D eigenvalue weighted by Crippen LogP contribution is -2.18. The Morgan fingerprint density at radius 3 is 2.57 bits per heavy atom. The summed E-state index contributed by atoms with van der Waals surface area (Å²) in [5.74, 6) is 0. The molecular weight excluding hydrogens is 236 g/mol. The highest BCUT2D eigenvalue weighted by atomic mass is 79.9. The van der Waals surface area contributed by atoms with Crippen molar-refractivity contribution in [2.45, 2.75) is 17.7 Å². The summed E-state index contributed by atoms with van der Waals surface area (Å²) < 4.78 is 0.0864. The summed E-state index contributed by atoms with van der Waals surface area (Å²) in [4.78, 5) is 0. The first-order chi connectivity index (χ1) is 6.70. The van der Waals surface area contributed by atoms with Crippen LogP contribution in [0, 0.1) is 0 Å². The van der Waals surface area contributed by atoms with E-state index in [1.54, 1.807) is 0 Å². The molecule has 0 fully saturated rings. The molecule has 1 heteroatoms. The van der Waals surface area contributed by atoms with E-state index in [1.807, 2.05) is 6.07 Å². The van der Waals surface area contributed by atoms with E-state index < -0.39 is 0 Å². The topological polar surface area (TPSA) is 0 Å². The van der Waals surface area contributed by atoms with Crippen molar-refractivity contribution in [3.63, 3.8) is 0 Å². The summed E-state index contributed by atoms with van der Waals surface area (Å²) in [6, 6.07) is 10.5. The summed E-state index contributed by atoms with van der Waals surface area (Å²) in [6.45, 7) is 2.22. The van der Waals surface area contributed by atoms with Gasteiger partial charge in [0, 0.05) is 0 Å². The molecule has 0 aliphatic heterocycles. The standard InChI is InChI=1S/C13H13Br/c1-13(14)10-6-5-9-12(13)11-7-3-2-4-8-11/h2-9H,10H2,1H3. The Morgan fingerprint density at radius 1 is 1.21 bits per heavy atom. The molecule has 0 saturated carbocycles. The number of hydrogen-bond donors (Lipinski definition) is 0. The lowest BCUT2D eigenvalue weighted by Gasteiger charge is -2.27. The monoisotopic (exact) mass is 248 g/mol. The van der Waals surface area contributed by atoms with Crippen LogP contribution in [0.5, 0.6) is 0 Å². The molecule has 0 aromatic heterocycles. The molecule has 1 aromatic carbocycles. The third-order valence-electron chi connectivity index (χ3n) is 2.55. The third-order valence-corrected chi connectivity index (χ3v) is 3.30. The highest BCUT2D eigenvalue weighted by molar-refractivity contribution is 9.10. The molecule has 2 rings (SSSR count). The fourth-order valence-corrected chi connectivity index (χ4v) is 2.30. The van der Waals surface area contributed by atoms with Crippen LogP contribution in [0.2, 0.25) is 0 Å². The van der Waals surface area contributed by atoms with Crippen LogP contribution in [0.1, 0.15) is 18.9 Å². The fraction of sp³-hybridized carbons (Fsp3) is 0.231. The van der Waals surface area contributed by atoms with Crippen LogP contribution in [-0.4, -0.2) is 4.32 Å². The molecule has 0 saturated heterocycles. The van der Waals surface area contributed by atoms with Crippen molar-refractivity contribution in [2.75, 3.05) is 0 Å². The Balaban J connectivity index is 2.43. The summed E-state index contributed by atoms with van der Waals surface area (Å²) in [7, 11) is 0. The minimum Gasteiger partial charge on any atom is -0.0828 e. The van der Waals surface area contributed by atoms with Gasteiger partial charge in [-0.25, -0.2) is 0 Å². The van der Waals surface area contributed by atoms with Gasteiger partial charge in [0.1, 0.15) is 0 Å². The molecule has 0 spiro atoms. The van der Waals surface area contributed by atoms with Crippen molar-refractivity contribution < 1.29 is 0 Å². The molecule has 0 bridgehead atoms. The van der Waals surface area contributed by atoms with Crippen molar-refractivity contribution >= 4 is 21.5 Å². The molecule has 1 unspecified atom stereocenters. The first-order valence-electron chi connectivity index (χ1n) is 4.82. The molecular formula is C13H13Br. The van der Waals surface area contributed by atoms with Crippen LogP contribution in [0.15, 0.2) is 48.6 Å². The number of benzene rings is 1. The minimum atomic E-state index is 0.0864. The molecule has 1 atom stereocenters. The van der Waals surface area contributed by atoms with Gasteiger partial charge in [-0.1, -0.05) is 64.5 Å². The number of halogens is 1. The summed E-state index contributed by atoms with van der Waals surface area (Å²) in [5, 5.41) is 0. The molecule has 72 valence electrons. The maximum atomic E-state index is 3.78. The lowest BCUT2D eigenvalue weighted by atomic mass is 9.88. The summed E-state index contributed by atoms with van der Waals surface area (Å²) in [5.41, 5.74) is 2.66. The van der Waals surface area contributed by atoms with Gasteiger partial charge in [0.15, 0.2) is 0 Å². The SMILES string of the molecule is CC1(Br)CC=CC=C1c1ccccc1. The number of hydrogen-bond acceptors (Lipinski definition) is 0. The maximum absolute atomic E-state index is 3.78. The second-order valence-electron chi connectivity index (χ2n) is 3.78. The molecule has 1 aromatic rings. The van der Waals surface area contributed by atoms with Crippen molar-refractivity contribution in [2.24, 2.45) is 0 Å². The van der Waals surface area contributed by atoms with Crippen molar-refractivity contribution in [1.82, 2.24) is 0 Å². The van der Waals surface area contributed by atoms with Crippen molar-refractivity contribution in [3.8, 4) is 0 Å². The fourth-order valence-electron chi connectivity index (χ4n) is 1.75. The van der Waals surface area contributed by atoms with E-state index in [-0.39, 0.29) is 4.32 Å². The average Bonchev–Trinajstić information content (AvgIpc) is 2.18. The van der Waals surface area contributed by atoms with Crippen LogP contribution in [0.3, 0.4) is 0 Å². The molecule has 0 nitrogen and oxygen atoms in total. The zero-order valence-corrected chi connectivity index (χ0v) is 9.79. The number of alkyl halides is 1. The summed E-state index contributed by atoms with van der Waals surface area (Å²) in [6.07, 6.45) is 7.56. The molecule has 14 heavy (non-hydrogen) atoms. The lowest BCUT2D eigenvalue weighted by molar-refractivity contribution is 0.836. The third kappa shape index (κ3) is 1.83. The van der Waals surface area contributed by atoms with E-state index in [0.29, 0.717) is 0 Å². The second-order valence-corrected chi connectivity index (χ2v) is 5.53. The van der Waals surface area contributed by atoms with Crippen molar-refractivity contribution in [3.05, 3.63) is 54.1 Å². The second kappa shape index (κ2) is 3.74. The predicted molar refractivity (Wildman–Crippen MR) is 65.5 cm³/mol. The van der Waals surface area contributed by atoms with Crippen LogP contribution in [0.4, 0.5) is 0 Å². The van der Waals surface area contributed by atoms with Crippen LogP contribution in [-0.2, 0) is 0 Å². The van der Waals surface area contributed by atoms with E-state index >= 15 is 0 Å². The Hall–Kier alpha value is -0.820. The Bertz CT molecular complexity index is 371. The highest BCUT2D eigenvalue weighted by Gasteiger charge is 2.26. The van der Waals surface area contributed by atoms with E-state index in [4.69, 9.17) is 0 Å². The zero-order chi connectivity index (χ0) is 10.0. The largest absolute Gasteiger partial charge is 0.0828 e. The first kappa shape index (κ1) is 9.72. The maximum Gasteiger partial charge on any atom is 0.0518 e. The minimum absolute atomic E-state index is 0.0864. The zero-order valence-electron chi connectivity index (χ0n) is 8.20. The number of allylic oxidation sites excluding steroid dienone is 4. The molecule has 0 amide bonds. The summed E-state index contributed by atoms with van der Waals surface area (Å²) >= 11 is 3.78. The van der Waals surface area contributed by atoms with E-state index in [0.717, 1.165) is 6.42 Å². The van der Waals surface area contributed by atoms with Gasteiger partial charge in [0.05, 0.1) is 4.32 Å². The first-order valence-corrected chi connectivity index (χ1v) is 5.61. The Labute approximate surface area is 93.5 Å². The van der Waals surface area contributed by atoms with Gasteiger partial charge < -0.3 is 0 Å². The molecule has 0 radical (unpaired) electrons. The molecule has 1 aliphatic carbocycles. The average molecular weight is 249 g/mol. The van der Waals surface area contributed by atoms with Crippen LogP contribution < -0.4 is 0 Å². The Morgan fingerprint density at radius 2 is 1.93 bits per heavy atom. The highest BCUT2D eigenvalue weighted by Crippen LogP contribution is 2.39.